The van der Waals surface area contributed by atoms with Crippen LogP contribution in [0, 0.1) is 6.92 Å². The molecule has 0 fully saturated rings. The Morgan fingerprint density at radius 2 is 1.97 bits per heavy atom. The van der Waals surface area contributed by atoms with Gasteiger partial charge in [0.25, 0.3) is 0 Å². The number of hydrogen-bond donors (Lipinski definition) is 0. The van der Waals surface area contributed by atoms with Crippen molar-refractivity contribution in [2.45, 2.75) is 13.5 Å². The average molecular weight is 411 g/mol. The minimum Gasteiger partial charge on any atom is -0.487 e. The summed E-state index contributed by atoms with van der Waals surface area (Å²) >= 11 is 1.55. The van der Waals surface area contributed by atoms with Gasteiger partial charge in [0.2, 0.25) is 6.79 Å². The van der Waals surface area contributed by atoms with E-state index >= 15 is 0 Å². The molecule has 0 N–H and O–H groups in total. The van der Waals surface area contributed by atoms with Gasteiger partial charge >= 0.3 is 5.97 Å². The number of hydrogen-bond acceptors (Lipinski definition) is 8. The first-order chi connectivity index (χ1) is 14.1. The number of Topliss-reactive ketones (excluding diaryl/α,β-unsaturated/α-hetero) is 1. The van der Waals surface area contributed by atoms with Gasteiger partial charge in [-0.3, -0.25) is 4.79 Å². The minimum atomic E-state index is -0.603. The van der Waals surface area contributed by atoms with Crippen molar-refractivity contribution in [3.63, 3.8) is 0 Å². The Balaban J connectivity index is 1.34. The van der Waals surface area contributed by atoms with Gasteiger partial charge in [0.1, 0.15) is 12.4 Å². The van der Waals surface area contributed by atoms with E-state index in [1.165, 1.54) is 0 Å². The summed E-state index contributed by atoms with van der Waals surface area (Å²) < 4.78 is 21.3. The van der Waals surface area contributed by atoms with E-state index in [0.717, 1.165) is 10.7 Å². The summed E-state index contributed by atoms with van der Waals surface area (Å²) in [5.74, 6) is 0.676. The van der Waals surface area contributed by atoms with Gasteiger partial charge in [-0.2, -0.15) is 0 Å². The van der Waals surface area contributed by atoms with Crippen molar-refractivity contribution in [2.75, 3.05) is 13.4 Å². The molecule has 1 aromatic heterocycles. The molecule has 0 saturated heterocycles. The van der Waals surface area contributed by atoms with Gasteiger partial charge < -0.3 is 18.9 Å². The molecular weight excluding hydrogens is 394 g/mol. The number of ketones is 1. The number of thiazole rings is 1. The Bertz CT molecular complexity index is 1060. The minimum absolute atomic E-state index is 0.127. The second-order valence-corrected chi connectivity index (χ2v) is 7.30. The Morgan fingerprint density at radius 3 is 2.79 bits per heavy atom. The normalized spacial score (nSPS) is 11.9. The predicted octanol–water partition coefficient (Wildman–Crippen LogP) is 3.80. The highest BCUT2D eigenvalue weighted by Crippen LogP contribution is 2.32. The molecule has 0 amide bonds. The van der Waals surface area contributed by atoms with E-state index in [1.807, 2.05) is 12.3 Å². The van der Waals surface area contributed by atoms with Crippen molar-refractivity contribution >= 4 is 23.1 Å². The van der Waals surface area contributed by atoms with Crippen LogP contribution in [-0.2, 0) is 11.3 Å². The highest BCUT2D eigenvalue weighted by molar-refractivity contribution is 7.09. The second-order valence-electron chi connectivity index (χ2n) is 6.24. The van der Waals surface area contributed by atoms with Crippen molar-refractivity contribution in [2.24, 2.45) is 0 Å². The van der Waals surface area contributed by atoms with Crippen LogP contribution in [0.5, 0.6) is 17.2 Å². The summed E-state index contributed by atoms with van der Waals surface area (Å²) in [5.41, 5.74) is 1.52. The van der Waals surface area contributed by atoms with Crippen molar-refractivity contribution < 1.29 is 28.5 Å². The summed E-state index contributed by atoms with van der Waals surface area (Å²) in [5, 5.41) is 2.89. The fourth-order valence-corrected chi connectivity index (χ4v) is 3.31. The fraction of sp³-hybridized carbons (Fsp3) is 0.190. The third-order valence-corrected chi connectivity index (χ3v) is 4.97. The van der Waals surface area contributed by atoms with E-state index in [-0.39, 0.29) is 19.2 Å². The Kier molecular flexibility index (Phi) is 5.44. The number of benzene rings is 2. The number of aromatic nitrogens is 1. The number of carbonyl (C=O) groups is 2. The molecule has 0 saturated carbocycles. The largest absolute Gasteiger partial charge is 0.487 e. The monoisotopic (exact) mass is 411 g/mol. The van der Waals surface area contributed by atoms with Crippen LogP contribution < -0.4 is 14.2 Å². The van der Waals surface area contributed by atoms with E-state index in [1.54, 1.807) is 53.8 Å². The first-order valence-corrected chi connectivity index (χ1v) is 9.70. The molecule has 148 valence electrons. The lowest BCUT2D eigenvalue weighted by molar-refractivity contribution is 0.0474. The Labute approximate surface area is 170 Å². The van der Waals surface area contributed by atoms with Crippen LogP contribution in [0.2, 0.25) is 0 Å². The maximum absolute atomic E-state index is 12.3. The first kappa shape index (κ1) is 18.9. The lowest BCUT2D eigenvalue weighted by atomic mass is 10.1. The summed E-state index contributed by atoms with van der Waals surface area (Å²) in [4.78, 5) is 28.9. The topological polar surface area (TPSA) is 84.0 Å². The van der Waals surface area contributed by atoms with Crippen molar-refractivity contribution in [1.82, 2.24) is 4.98 Å². The van der Waals surface area contributed by atoms with Gasteiger partial charge in [0, 0.05) is 10.9 Å². The number of esters is 1. The lowest BCUT2D eigenvalue weighted by Crippen LogP contribution is -2.14. The molecule has 4 rings (SSSR count). The predicted molar refractivity (Wildman–Crippen MR) is 105 cm³/mol. The molecule has 2 heterocycles. The lowest BCUT2D eigenvalue weighted by Gasteiger charge is -2.08. The molecule has 0 spiro atoms. The maximum Gasteiger partial charge on any atom is 0.338 e. The van der Waals surface area contributed by atoms with Crippen molar-refractivity contribution in [1.29, 1.82) is 0 Å². The number of nitrogens with zero attached hydrogens (tertiary/aromatic N) is 1. The van der Waals surface area contributed by atoms with E-state index in [4.69, 9.17) is 18.9 Å². The van der Waals surface area contributed by atoms with Gasteiger partial charge in [-0.05, 0) is 43.3 Å². The third kappa shape index (κ3) is 4.55. The van der Waals surface area contributed by atoms with Crippen LogP contribution >= 0.6 is 11.3 Å². The molecule has 1 aliphatic rings. The summed E-state index contributed by atoms with van der Waals surface area (Å²) in [7, 11) is 0. The zero-order valence-corrected chi connectivity index (χ0v) is 16.4. The van der Waals surface area contributed by atoms with Crippen LogP contribution in [0.3, 0.4) is 0 Å². The van der Waals surface area contributed by atoms with Crippen LogP contribution in [0.1, 0.15) is 31.4 Å². The van der Waals surface area contributed by atoms with Crippen molar-refractivity contribution in [3.05, 3.63) is 69.7 Å². The maximum atomic E-state index is 12.3. The van der Waals surface area contributed by atoms with Crippen LogP contribution in [-0.4, -0.2) is 30.1 Å². The average Bonchev–Trinajstić information content (AvgIpc) is 3.38. The van der Waals surface area contributed by atoms with E-state index < -0.39 is 5.97 Å². The van der Waals surface area contributed by atoms with Crippen LogP contribution in [0.25, 0.3) is 0 Å². The van der Waals surface area contributed by atoms with Gasteiger partial charge in [0.05, 0.1) is 16.3 Å². The molecule has 8 heteroatoms. The zero-order valence-electron chi connectivity index (χ0n) is 15.5. The molecule has 0 unspecified atom stereocenters. The van der Waals surface area contributed by atoms with Crippen LogP contribution in [0.15, 0.2) is 47.8 Å². The molecule has 0 atom stereocenters. The molecule has 29 heavy (non-hydrogen) atoms. The highest BCUT2D eigenvalue weighted by Gasteiger charge is 2.18. The fourth-order valence-electron chi connectivity index (χ4n) is 2.71. The van der Waals surface area contributed by atoms with Crippen molar-refractivity contribution in [3.8, 4) is 17.2 Å². The van der Waals surface area contributed by atoms with Gasteiger partial charge in [-0.15, -0.1) is 11.3 Å². The molecule has 0 radical (unpaired) electrons. The van der Waals surface area contributed by atoms with E-state index in [2.05, 4.69) is 4.98 Å². The molecule has 7 nitrogen and oxygen atoms in total. The smallest absolute Gasteiger partial charge is 0.338 e. The molecule has 0 aliphatic carbocycles. The van der Waals surface area contributed by atoms with E-state index in [9.17, 15) is 9.59 Å². The summed E-state index contributed by atoms with van der Waals surface area (Å²) in [6.07, 6.45) is 0. The number of fused-ring (bicyclic) bond motifs is 1. The standard InChI is InChI=1S/C21H17NO6S/c1-13-22-16(11-29-13)9-25-17-4-2-3-15(7-17)21(24)26-10-18(23)14-5-6-19-20(8-14)28-12-27-19/h2-8,11H,9-10,12H2,1H3. The highest BCUT2D eigenvalue weighted by atomic mass is 32.1. The number of carbonyl (C=O) groups excluding carboxylic acids is 2. The SMILES string of the molecule is Cc1nc(COc2cccc(C(=O)OCC(=O)c3ccc4c(c3)OCO4)c2)cs1. The molecule has 0 bridgehead atoms. The van der Waals surface area contributed by atoms with Crippen LogP contribution in [0.4, 0.5) is 0 Å². The van der Waals surface area contributed by atoms with Gasteiger partial charge in [-0.25, -0.2) is 9.78 Å². The first-order valence-electron chi connectivity index (χ1n) is 8.82. The number of rotatable bonds is 7. The second kappa shape index (κ2) is 8.32. The molecule has 3 aromatic rings. The summed E-state index contributed by atoms with van der Waals surface area (Å²) in [6.45, 7) is 1.99. The molecular formula is C21H17NO6S. The van der Waals surface area contributed by atoms with E-state index in [0.29, 0.717) is 35.0 Å². The summed E-state index contributed by atoms with van der Waals surface area (Å²) in [6, 6.07) is 11.5. The third-order valence-electron chi connectivity index (χ3n) is 4.15. The zero-order chi connectivity index (χ0) is 20.2. The number of ether oxygens (including phenoxy) is 4. The Morgan fingerprint density at radius 1 is 1.10 bits per heavy atom. The molecule has 2 aromatic carbocycles. The van der Waals surface area contributed by atoms with Gasteiger partial charge in [-0.1, -0.05) is 6.07 Å². The number of aryl methyl sites for hydroxylation is 1. The Hall–Kier alpha value is -3.39. The molecule has 1 aliphatic heterocycles. The van der Waals surface area contributed by atoms with Gasteiger partial charge in [0.15, 0.2) is 23.9 Å². The quantitative estimate of drug-likeness (QED) is 0.432.